The van der Waals surface area contributed by atoms with E-state index < -0.39 is 11.8 Å². The number of anilines is 1. The number of carboxylic acids is 1. The number of ether oxygens (including phenoxy) is 1. The first kappa shape index (κ1) is 13.8. The molecule has 0 radical (unpaired) electrons. The Balaban J connectivity index is 2.09. The molecule has 1 aliphatic rings. The Bertz CT molecular complexity index is 464. The average molecular weight is 267 g/mol. The van der Waals surface area contributed by atoms with Crippen molar-refractivity contribution < 1.29 is 19.0 Å². The second-order valence-corrected chi connectivity index (χ2v) is 4.87. The Morgan fingerprint density at radius 3 is 2.95 bits per heavy atom. The number of hydrogen-bond donors (Lipinski definition) is 2. The lowest BCUT2D eigenvalue weighted by Crippen LogP contribution is -2.31. The van der Waals surface area contributed by atoms with Crippen molar-refractivity contribution >= 4 is 11.7 Å². The number of nitrogens with one attached hydrogen (secondary N) is 1. The summed E-state index contributed by atoms with van der Waals surface area (Å²) < 4.78 is 19.0. The highest BCUT2D eigenvalue weighted by Crippen LogP contribution is 2.25. The van der Waals surface area contributed by atoms with Gasteiger partial charge in [-0.1, -0.05) is 0 Å². The molecule has 2 N–H and O–H groups in total. The maximum Gasteiger partial charge on any atom is 0.335 e. The van der Waals surface area contributed by atoms with Gasteiger partial charge in [0.25, 0.3) is 0 Å². The van der Waals surface area contributed by atoms with Crippen LogP contribution in [0, 0.1) is 5.82 Å². The summed E-state index contributed by atoms with van der Waals surface area (Å²) >= 11 is 0. The number of methoxy groups -OCH3 is 1. The SMILES string of the molecule is COC1CCCC(Nc2cc(C(=O)O)ccc2F)C1. The first-order chi connectivity index (χ1) is 9.10. The molecule has 2 unspecified atom stereocenters. The maximum absolute atomic E-state index is 13.7. The number of hydrogen-bond acceptors (Lipinski definition) is 3. The summed E-state index contributed by atoms with van der Waals surface area (Å²) in [7, 11) is 1.68. The molecule has 19 heavy (non-hydrogen) atoms. The minimum Gasteiger partial charge on any atom is -0.478 e. The average Bonchev–Trinajstić information content (AvgIpc) is 2.41. The predicted octanol–water partition coefficient (Wildman–Crippen LogP) is 2.89. The van der Waals surface area contributed by atoms with Crippen molar-refractivity contribution in [1.82, 2.24) is 0 Å². The van der Waals surface area contributed by atoms with Gasteiger partial charge >= 0.3 is 5.97 Å². The lowest BCUT2D eigenvalue weighted by atomic mass is 9.92. The Hall–Kier alpha value is -1.62. The molecule has 1 fully saturated rings. The number of aromatic carboxylic acids is 1. The van der Waals surface area contributed by atoms with Gasteiger partial charge in [-0.3, -0.25) is 0 Å². The lowest BCUT2D eigenvalue weighted by Gasteiger charge is -2.29. The van der Waals surface area contributed by atoms with Crippen molar-refractivity contribution in [3.05, 3.63) is 29.6 Å². The summed E-state index contributed by atoms with van der Waals surface area (Å²) in [5.74, 6) is -1.48. The van der Waals surface area contributed by atoms with E-state index in [0.717, 1.165) is 25.7 Å². The van der Waals surface area contributed by atoms with Gasteiger partial charge in [0.15, 0.2) is 0 Å². The van der Waals surface area contributed by atoms with E-state index in [1.54, 1.807) is 7.11 Å². The van der Waals surface area contributed by atoms with Gasteiger partial charge in [-0.2, -0.15) is 0 Å². The quantitative estimate of drug-likeness (QED) is 0.880. The summed E-state index contributed by atoms with van der Waals surface area (Å²) in [6.07, 6.45) is 3.99. The summed E-state index contributed by atoms with van der Waals surface area (Å²) in [4.78, 5) is 10.9. The molecule has 1 aromatic rings. The van der Waals surface area contributed by atoms with Crippen molar-refractivity contribution in [2.75, 3.05) is 12.4 Å². The Morgan fingerprint density at radius 2 is 2.26 bits per heavy atom. The van der Waals surface area contributed by atoms with Crippen LogP contribution in [0.5, 0.6) is 0 Å². The highest BCUT2D eigenvalue weighted by molar-refractivity contribution is 5.88. The van der Waals surface area contributed by atoms with Gasteiger partial charge in [-0.25, -0.2) is 9.18 Å². The van der Waals surface area contributed by atoms with E-state index in [0.29, 0.717) is 0 Å². The van der Waals surface area contributed by atoms with Crippen LogP contribution in [0.2, 0.25) is 0 Å². The van der Waals surface area contributed by atoms with E-state index in [1.807, 2.05) is 0 Å². The van der Waals surface area contributed by atoms with Gasteiger partial charge in [0.2, 0.25) is 0 Å². The molecule has 4 nitrogen and oxygen atoms in total. The van der Waals surface area contributed by atoms with Crippen LogP contribution in [-0.4, -0.2) is 30.3 Å². The van der Waals surface area contributed by atoms with Gasteiger partial charge in [0.1, 0.15) is 5.82 Å². The second-order valence-electron chi connectivity index (χ2n) is 4.87. The fraction of sp³-hybridized carbons (Fsp3) is 0.500. The molecule has 0 amide bonds. The third-order valence-electron chi connectivity index (χ3n) is 3.53. The molecule has 0 heterocycles. The minimum absolute atomic E-state index is 0.0861. The van der Waals surface area contributed by atoms with Crippen molar-refractivity contribution in [3.8, 4) is 0 Å². The molecule has 0 aromatic heterocycles. The normalized spacial score (nSPS) is 23.1. The summed E-state index contributed by atoms with van der Waals surface area (Å²) in [5, 5.41) is 12.0. The molecule has 5 heteroatoms. The van der Waals surface area contributed by atoms with E-state index in [1.165, 1.54) is 18.2 Å². The summed E-state index contributed by atoms with van der Waals surface area (Å²) in [5.41, 5.74) is 0.338. The highest BCUT2D eigenvalue weighted by atomic mass is 19.1. The van der Waals surface area contributed by atoms with Crippen molar-refractivity contribution in [2.24, 2.45) is 0 Å². The van der Waals surface area contributed by atoms with Crippen LogP contribution in [-0.2, 0) is 4.74 Å². The monoisotopic (exact) mass is 267 g/mol. The van der Waals surface area contributed by atoms with E-state index >= 15 is 0 Å². The van der Waals surface area contributed by atoms with Crippen LogP contribution in [0.3, 0.4) is 0 Å². The van der Waals surface area contributed by atoms with Crippen molar-refractivity contribution in [1.29, 1.82) is 0 Å². The van der Waals surface area contributed by atoms with Gasteiger partial charge in [-0.15, -0.1) is 0 Å². The van der Waals surface area contributed by atoms with Gasteiger partial charge in [0, 0.05) is 13.2 Å². The van der Waals surface area contributed by atoms with Crippen LogP contribution in [0.25, 0.3) is 0 Å². The number of carbonyl (C=O) groups is 1. The van der Waals surface area contributed by atoms with Crippen LogP contribution in [0.1, 0.15) is 36.0 Å². The topological polar surface area (TPSA) is 58.6 Å². The van der Waals surface area contributed by atoms with Crippen LogP contribution < -0.4 is 5.32 Å². The van der Waals surface area contributed by atoms with E-state index in [4.69, 9.17) is 9.84 Å². The Morgan fingerprint density at radius 1 is 1.47 bits per heavy atom. The van der Waals surface area contributed by atoms with E-state index in [2.05, 4.69) is 5.32 Å². The predicted molar refractivity (Wildman–Crippen MR) is 70.0 cm³/mol. The molecule has 0 bridgehead atoms. The standard InChI is InChI=1S/C14H18FNO3/c1-19-11-4-2-3-10(8-11)16-13-7-9(14(17)18)5-6-12(13)15/h5-7,10-11,16H,2-4,8H2,1H3,(H,17,18). The highest BCUT2D eigenvalue weighted by Gasteiger charge is 2.22. The fourth-order valence-corrected chi connectivity index (χ4v) is 2.48. The minimum atomic E-state index is -1.05. The van der Waals surface area contributed by atoms with E-state index in [-0.39, 0.29) is 23.4 Å². The van der Waals surface area contributed by atoms with Crippen molar-refractivity contribution in [2.45, 2.75) is 37.8 Å². The third-order valence-corrected chi connectivity index (χ3v) is 3.53. The number of carboxylic acid groups (broad SMARTS) is 1. The molecule has 1 aliphatic carbocycles. The van der Waals surface area contributed by atoms with E-state index in [9.17, 15) is 9.18 Å². The molecule has 0 aliphatic heterocycles. The first-order valence-electron chi connectivity index (χ1n) is 6.42. The molecule has 104 valence electrons. The molecular weight excluding hydrogens is 249 g/mol. The van der Waals surface area contributed by atoms with Gasteiger partial charge in [0.05, 0.1) is 17.4 Å². The zero-order chi connectivity index (χ0) is 13.8. The second kappa shape index (κ2) is 6.02. The largest absolute Gasteiger partial charge is 0.478 e. The maximum atomic E-state index is 13.7. The third kappa shape index (κ3) is 3.44. The lowest BCUT2D eigenvalue weighted by molar-refractivity contribution is 0.0667. The van der Waals surface area contributed by atoms with Crippen LogP contribution in [0.15, 0.2) is 18.2 Å². The Labute approximate surface area is 111 Å². The van der Waals surface area contributed by atoms with Crippen molar-refractivity contribution in [3.63, 3.8) is 0 Å². The molecule has 1 aromatic carbocycles. The van der Waals surface area contributed by atoms with Gasteiger partial charge in [-0.05, 0) is 43.9 Å². The summed E-state index contributed by atoms with van der Waals surface area (Å²) in [6.45, 7) is 0. The molecular formula is C14H18FNO3. The fourth-order valence-electron chi connectivity index (χ4n) is 2.48. The summed E-state index contributed by atoms with van der Waals surface area (Å²) in [6, 6.07) is 3.91. The molecule has 2 atom stereocenters. The number of benzene rings is 1. The number of rotatable bonds is 4. The van der Waals surface area contributed by atoms with Crippen LogP contribution >= 0.6 is 0 Å². The smallest absolute Gasteiger partial charge is 0.335 e. The van der Waals surface area contributed by atoms with Gasteiger partial charge < -0.3 is 15.2 Å². The van der Waals surface area contributed by atoms with Crippen LogP contribution in [0.4, 0.5) is 10.1 Å². The molecule has 1 saturated carbocycles. The zero-order valence-corrected chi connectivity index (χ0v) is 10.9. The molecule has 0 saturated heterocycles. The zero-order valence-electron chi connectivity index (χ0n) is 10.9. The molecule has 0 spiro atoms. The number of halogens is 1. The Kier molecular flexibility index (Phi) is 4.37. The first-order valence-corrected chi connectivity index (χ1v) is 6.42. The molecule has 2 rings (SSSR count).